The molecule has 0 aliphatic carbocycles. The first-order chi connectivity index (χ1) is 16.5. The molecule has 4 rings (SSSR count). The number of para-hydroxylation sites is 1. The summed E-state index contributed by atoms with van der Waals surface area (Å²) in [4.78, 5) is 22.8. The molecule has 0 aliphatic heterocycles. The predicted molar refractivity (Wildman–Crippen MR) is 117 cm³/mol. The van der Waals surface area contributed by atoms with Gasteiger partial charge in [-0.25, -0.2) is 4.98 Å². The van der Waals surface area contributed by atoms with E-state index >= 15 is 0 Å². The van der Waals surface area contributed by atoms with Gasteiger partial charge in [-0.15, -0.1) is 0 Å². The molecule has 0 saturated heterocycles. The lowest BCUT2D eigenvalue weighted by atomic mass is 10.0. The molecule has 5 nitrogen and oxygen atoms in total. The Balaban J connectivity index is 1.86. The Morgan fingerprint density at radius 1 is 1.00 bits per heavy atom. The fourth-order valence-electron chi connectivity index (χ4n) is 3.33. The Kier molecular flexibility index (Phi) is 6.41. The standard InChI is InChI=1S/C23H15F6N3O2S/c1-34-17-5-2-6-18-19(17)31-21(35-18)32(12-13-4-3-7-30-11-13)20(33)14-8-15(22(24,25)26)10-16(9-14)23(27,28)29/h2-11H,12H2,1H3. The van der Waals surface area contributed by atoms with Gasteiger partial charge in [0.2, 0.25) is 0 Å². The monoisotopic (exact) mass is 511 g/mol. The van der Waals surface area contributed by atoms with Crippen LogP contribution < -0.4 is 9.64 Å². The smallest absolute Gasteiger partial charge is 0.416 e. The number of hydrogen-bond acceptors (Lipinski definition) is 5. The van der Waals surface area contributed by atoms with Crippen LogP contribution in [0.1, 0.15) is 27.0 Å². The van der Waals surface area contributed by atoms with Crippen LogP contribution in [0.25, 0.3) is 10.2 Å². The van der Waals surface area contributed by atoms with Gasteiger partial charge in [-0.05, 0) is 42.0 Å². The lowest BCUT2D eigenvalue weighted by molar-refractivity contribution is -0.143. The normalized spacial score (nSPS) is 12.1. The topological polar surface area (TPSA) is 55.3 Å². The number of rotatable bonds is 5. The average Bonchev–Trinajstić information content (AvgIpc) is 3.25. The number of carbonyl (C=O) groups excluding carboxylic acids is 1. The minimum absolute atomic E-state index is 0.0230. The molecule has 0 aliphatic rings. The van der Waals surface area contributed by atoms with Crippen LogP contribution in [-0.2, 0) is 18.9 Å². The molecule has 182 valence electrons. The summed E-state index contributed by atoms with van der Waals surface area (Å²) in [5, 5.41) is 0.0734. The first-order valence-corrected chi connectivity index (χ1v) is 10.7. The van der Waals surface area contributed by atoms with E-state index < -0.39 is 35.0 Å². The van der Waals surface area contributed by atoms with Crippen molar-refractivity contribution in [1.29, 1.82) is 0 Å². The minimum Gasteiger partial charge on any atom is -0.494 e. The molecule has 0 spiro atoms. The molecular formula is C23H15F6N3O2S. The third kappa shape index (κ3) is 5.21. The summed E-state index contributed by atoms with van der Waals surface area (Å²) < 4.78 is 86.1. The van der Waals surface area contributed by atoms with E-state index in [9.17, 15) is 31.1 Å². The highest BCUT2D eigenvalue weighted by molar-refractivity contribution is 7.22. The van der Waals surface area contributed by atoms with Crippen LogP contribution in [0.5, 0.6) is 5.75 Å². The molecule has 2 aromatic heterocycles. The molecule has 12 heteroatoms. The van der Waals surface area contributed by atoms with E-state index in [1.54, 1.807) is 30.3 Å². The quantitative estimate of drug-likeness (QED) is 0.284. The Morgan fingerprint density at radius 3 is 2.26 bits per heavy atom. The van der Waals surface area contributed by atoms with Crippen LogP contribution in [0.3, 0.4) is 0 Å². The van der Waals surface area contributed by atoms with E-state index in [2.05, 4.69) is 9.97 Å². The van der Waals surface area contributed by atoms with Gasteiger partial charge in [0.25, 0.3) is 5.91 Å². The highest BCUT2D eigenvalue weighted by Gasteiger charge is 2.38. The number of aromatic nitrogens is 2. The molecule has 0 fully saturated rings. The largest absolute Gasteiger partial charge is 0.494 e. The van der Waals surface area contributed by atoms with E-state index in [4.69, 9.17) is 4.74 Å². The van der Waals surface area contributed by atoms with Crippen molar-refractivity contribution in [3.05, 3.63) is 83.2 Å². The van der Waals surface area contributed by atoms with E-state index in [-0.39, 0.29) is 17.7 Å². The van der Waals surface area contributed by atoms with E-state index in [1.807, 2.05) is 0 Å². The number of halogens is 6. The average molecular weight is 511 g/mol. The van der Waals surface area contributed by atoms with Gasteiger partial charge < -0.3 is 4.74 Å². The van der Waals surface area contributed by atoms with Crippen LogP contribution >= 0.6 is 11.3 Å². The molecule has 0 saturated carbocycles. The summed E-state index contributed by atoms with van der Waals surface area (Å²) in [5.74, 6) is -0.680. The van der Waals surface area contributed by atoms with Crippen LogP contribution in [0.4, 0.5) is 31.5 Å². The molecule has 2 heterocycles. The number of fused-ring (bicyclic) bond motifs is 1. The van der Waals surface area contributed by atoms with Crippen molar-refractivity contribution in [3.63, 3.8) is 0 Å². The lowest BCUT2D eigenvalue weighted by Crippen LogP contribution is -2.31. The lowest BCUT2D eigenvalue weighted by Gasteiger charge is -2.21. The summed E-state index contributed by atoms with van der Waals surface area (Å²) in [6.45, 7) is -0.188. The minimum atomic E-state index is -5.09. The molecule has 35 heavy (non-hydrogen) atoms. The third-order valence-electron chi connectivity index (χ3n) is 4.96. The SMILES string of the molecule is COc1cccc2sc(N(Cc3cccnc3)C(=O)c3cc(C(F)(F)F)cc(C(F)(F)F)c3)nc12. The predicted octanol–water partition coefficient (Wildman–Crippen LogP) is 6.58. The number of carbonyl (C=O) groups is 1. The van der Waals surface area contributed by atoms with Crippen LogP contribution in [0, 0.1) is 0 Å². The summed E-state index contributed by atoms with van der Waals surface area (Å²) in [6.07, 6.45) is -7.26. The zero-order valence-corrected chi connectivity index (χ0v) is 18.6. The number of amides is 1. The fourth-order valence-corrected chi connectivity index (χ4v) is 4.31. The number of anilines is 1. The number of ether oxygens (including phenoxy) is 1. The molecule has 0 atom stereocenters. The van der Waals surface area contributed by atoms with Gasteiger partial charge in [-0.2, -0.15) is 26.3 Å². The molecule has 2 aromatic carbocycles. The van der Waals surface area contributed by atoms with E-state index in [1.165, 1.54) is 19.5 Å². The summed E-state index contributed by atoms with van der Waals surface area (Å²) in [6, 6.07) is 9.03. The maximum Gasteiger partial charge on any atom is 0.416 e. The number of alkyl halides is 6. The zero-order valence-electron chi connectivity index (χ0n) is 17.8. The molecule has 0 radical (unpaired) electrons. The van der Waals surface area contributed by atoms with Crippen molar-refractivity contribution in [1.82, 2.24) is 9.97 Å². The zero-order chi connectivity index (χ0) is 25.4. The Morgan fingerprint density at radius 2 is 1.69 bits per heavy atom. The highest BCUT2D eigenvalue weighted by Crippen LogP contribution is 2.38. The van der Waals surface area contributed by atoms with Crippen LogP contribution in [-0.4, -0.2) is 23.0 Å². The number of hydrogen-bond donors (Lipinski definition) is 0. The fraction of sp³-hybridized carbons (Fsp3) is 0.174. The van der Waals surface area contributed by atoms with Crippen molar-refractivity contribution in [2.75, 3.05) is 12.0 Å². The van der Waals surface area contributed by atoms with Crippen LogP contribution in [0.2, 0.25) is 0 Å². The summed E-state index contributed by atoms with van der Waals surface area (Å²) in [7, 11) is 1.42. The highest BCUT2D eigenvalue weighted by atomic mass is 32.1. The second kappa shape index (κ2) is 9.17. The molecular weight excluding hydrogens is 496 g/mol. The summed E-state index contributed by atoms with van der Waals surface area (Å²) >= 11 is 1.05. The maximum absolute atomic E-state index is 13.4. The van der Waals surface area contributed by atoms with Gasteiger partial charge in [-0.1, -0.05) is 23.5 Å². The first-order valence-electron chi connectivity index (χ1n) is 9.91. The first kappa shape index (κ1) is 24.5. The molecule has 0 bridgehead atoms. The van der Waals surface area contributed by atoms with Gasteiger partial charge >= 0.3 is 12.4 Å². The van der Waals surface area contributed by atoms with E-state index in [0.717, 1.165) is 16.2 Å². The third-order valence-corrected chi connectivity index (χ3v) is 6.01. The maximum atomic E-state index is 13.4. The Labute approximate surface area is 198 Å². The second-order valence-electron chi connectivity index (χ2n) is 7.35. The number of benzene rings is 2. The van der Waals surface area contributed by atoms with Gasteiger partial charge in [0.05, 0.1) is 29.5 Å². The number of pyridine rings is 1. The van der Waals surface area contributed by atoms with Gasteiger partial charge in [0.1, 0.15) is 11.3 Å². The van der Waals surface area contributed by atoms with Crippen molar-refractivity contribution >= 4 is 32.6 Å². The van der Waals surface area contributed by atoms with Crippen molar-refractivity contribution in [3.8, 4) is 5.75 Å². The number of thiazole rings is 1. The van der Waals surface area contributed by atoms with Gasteiger partial charge in [-0.3, -0.25) is 14.7 Å². The second-order valence-corrected chi connectivity index (χ2v) is 8.36. The van der Waals surface area contributed by atoms with Crippen molar-refractivity contribution in [2.24, 2.45) is 0 Å². The Bertz CT molecular complexity index is 1340. The van der Waals surface area contributed by atoms with Gasteiger partial charge in [0.15, 0.2) is 5.13 Å². The Hall–Kier alpha value is -3.67. The molecule has 0 N–H and O–H groups in total. The number of nitrogens with zero attached hydrogens (tertiary/aromatic N) is 3. The molecule has 4 aromatic rings. The van der Waals surface area contributed by atoms with Crippen molar-refractivity contribution < 1.29 is 35.9 Å². The summed E-state index contributed by atoms with van der Waals surface area (Å²) in [5.41, 5.74) is -3.04. The molecule has 1 amide bonds. The molecule has 0 unspecified atom stereocenters. The van der Waals surface area contributed by atoms with Gasteiger partial charge in [0, 0.05) is 18.0 Å². The van der Waals surface area contributed by atoms with E-state index in [0.29, 0.717) is 33.7 Å². The van der Waals surface area contributed by atoms with Crippen molar-refractivity contribution in [2.45, 2.75) is 18.9 Å². The number of methoxy groups -OCH3 is 1. The van der Waals surface area contributed by atoms with Crippen LogP contribution in [0.15, 0.2) is 60.9 Å².